The quantitative estimate of drug-likeness (QED) is 0.480. The summed E-state index contributed by atoms with van der Waals surface area (Å²) >= 11 is 0. The van der Waals surface area contributed by atoms with Crippen molar-refractivity contribution >= 4 is 28.3 Å². The van der Waals surface area contributed by atoms with Crippen LogP contribution < -0.4 is 0 Å². The van der Waals surface area contributed by atoms with Crippen molar-refractivity contribution in [1.82, 2.24) is 0 Å². The van der Waals surface area contributed by atoms with Gasteiger partial charge < -0.3 is 0 Å². The predicted octanol–water partition coefficient (Wildman–Crippen LogP) is 6.42. The Morgan fingerprint density at radius 3 is 1.75 bits per heavy atom. The average Bonchev–Trinajstić information content (AvgIpc) is 2.35. The van der Waals surface area contributed by atoms with E-state index in [1.165, 1.54) is 0 Å². The molecule has 1 aliphatic heterocycles. The van der Waals surface area contributed by atoms with Gasteiger partial charge in [-0.25, -0.2) is 0 Å². The molecule has 24 heavy (non-hydrogen) atoms. The molecule has 0 saturated carbocycles. The zero-order chi connectivity index (χ0) is 19.4. The average molecular weight is 422 g/mol. The second kappa shape index (κ2) is 5.95. The van der Waals surface area contributed by atoms with E-state index in [2.05, 4.69) is 74.3 Å². The van der Waals surface area contributed by atoms with Gasteiger partial charge in [0.25, 0.3) is 0 Å². The van der Waals surface area contributed by atoms with Crippen LogP contribution in [0.15, 0.2) is 0 Å². The number of rotatable bonds is 5. The standard InChI is InChI=1S/C16H42O4P4/c1-12-24(13-2,14-3)16(4)15-23(9,10,11)19-21(17,20-24)18-22(5,6,7)8/h16H,12-15H2,1-11H3. The van der Waals surface area contributed by atoms with E-state index in [1.54, 1.807) is 0 Å². The molecule has 0 radical (unpaired) electrons. The molecule has 0 bridgehead atoms. The van der Waals surface area contributed by atoms with Crippen molar-refractivity contribution in [2.75, 3.05) is 71.3 Å². The van der Waals surface area contributed by atoms with Crippen LogP contribution in [0.5, 0.6) is 0 Å². The molecule has 1 heterocycles. The van der Waals surface area contributed by atoms with Gasteiger partial charge in [0.15, 0.2) is 0 Å². The van der Waals surface area contributed by atoms with Gasteiger partial charge >= 0.3 is 150 Å². The van der Waals surface area contributed by atoms with E-state index >= 15 is 0 Å². The number of hydrogen-bond donors (Lipinski definition) is 0. The molecule has 1 rings (SSSR count). The molecule has 0 aromatic rings. The molecule has 0 spiro atoms. The topological polar surface area (TPSA) is 44.8 Å². The summed E-state index contributed by atoms with van der Waals surface area (Å²) in [6.07, 6.45) is 3.74. The van der Waals surface area contributed by atoms with Crippen molar-refractivity contribution in [3.63, 3.8) is 0 Å². The minimum absolute atomic E-state index is 0.376. The molecule has 8 heteroatoms. The molecule has 0 amide bonds. The van der Waals surface area contributed by atoms with Crippen molar-refractivity contribution in [3.8, 4) is 0 Å². The van der Waals surface area contributed by atoms with Crippen LogP contribution in [0.1, 0.15) is 27.7 Å². The summed E-state index contributed by atoms with van der Waals surface area (Å²) in [4.78, 5) is 0. The molecule has 150 valence electrons. The van der Waals surface area contributed by atoms with Crippen LogP contribution in [0.2, 0.25) is 0 Å². The molecule has 0 aromatic carbocycles. The molecule has 4 nitrogen and oxygen atoms in total. The summed E-state index contributed by atoms with van der Waals surface area (Å²) in [7, 11) is -3.63. The zero-order valence-electron chi connectivity index (χ0n) is 17.8. The summed E-state index contributed by atoms with van der Waals surface area (Å²) in [6.45, 7) is 15.8. The van der Waals surface area contributed by atoms with Crippen LogP contribution in [-0.2, 0) is 17.5 Å². The van der Waals surface area contributed by atoms with Crippen LogP contribution in [0, 0.1) is 0 Å². The van der Waals surface area contributed by atoms with Gasteiger partial charge in [-0.3, -0.25) is 0 Å². The summed E-state index contributed by atoms with van der Waals surface area (Å²) < 4.78 is 33.3. The van der Waals surface area contributed by atoms with Crippen LogP contribution >= 0.6 is 28.3 Å². The Kier molecular flexibility index (Phi) is 5.81. The summed E-state index contributed by atoms with van der Waals surface area (Å²) in [6, 6.07) is 0. The zero-order valence-corrected chi connectivity index (χ0v) is 21.4. The van der Waals surface area contributed by atoms with Gasteiger partial charge in [-0.05, 0) is 0 Å². The van der Waals surface area contributed by atoms with E-state index < -0.39 is 28.3 Å². The first-order valence-electron chi connectivity index (χ1n) is 9.04. The molecule has 1 saturated heterocycles. The predicted molar refractivity (Wildman–Crippen MR) is 119 cm³/mol. The van der Waals surface area contributed by atoms with Crippen molar-refractivity contribution in [1.29, 1.82) is 0 Å². The van der Waals surface area contributed by atoms with Crippen molar-refractivity contribution in [2.24, 2.45) is 0 Å². The maximum atomic E-state index is 14.0. The first-order valence-corrected chi connectivity index (χ1v) is 20.9. The monoisotopic (exact) mass is 422 g/mol. The van der Waals surface area contributed by atoms with Crippen LogP contribution in [-0.4, -0.2) is 77.0 Å². The molecule has 1 fully saturated rings. The van der Waals surface area contributed by atoms with E-state index in [0.29, 0.717) is 5.66 Å². The first-order chi connectivity index (χ1) is 10.3. The Bertz CT molecular complexity index is 532. The third kappa shape index (κ3) is 5.01. The van der Waals surface area contributed by atoms with E-state index in [-0.39, 0.29) is 0 Å². The van der Waals surface area contributed by atoms with Gasteiger partial charge in [-0.15, -0.1) is 0 Å². The minimum atomic E-state index is -3.63. The Morgan fingerprint density at radius 2 is 1.42 bits per heavy atom. The first kappa shape index (κ1) is 23.4. The van der Waals surface area contributed by atoms with Crippen LogP contribution in [0.4, 0.5) is 0 Å². The third-order valence-corrected chi connectivity index (χ3v) is 23.7. The normalized spacial score (nSPS) is 39.8. The van der Waals surface area contributed by atoms with Gasteiger partial charge in [0.05, 0.1) is 0 Å². The second-order valence-electron chi connectivity index (χ2n) is 10.8. The molecule has 0 aromatic heterocycles. The third-order valence-electron chi connectivity index (χ3n) is 5.43. The fraction of sp³-hybridized carbons (Fsp3) is 1.00. The summed E-state index contributed by atoms with van der Waals surface area (Å²) in [5, 5.41) is 0. The Balaban J connectivity index is 3.65. The van der Waals surface area contributed by atoms with Gasteiger partial charge in [0.2, 0.25) is 0 Å². The fourth-order valence-corrected chi connectivity index (χ4v) is 24.2. The maximum absolute atomic E-state index is 14.0. The van der Waals surface area contributed by atoms with Gasteiger partial charge in [0, 0.05) is 0 Å². The Morgan fingerprint density at radius 1 is 1.00 bits per heavy atom. The summed E-state index contributed by atoms with van der Waals surface area (Å²) in [5.74, 6) is 0. The SMILES string of the molecule is CCP1(CC)(CC)OP(=O)(OP(C)(C)(C)C)OP(C)(C)(C)CC1C. The molecule has 0 N–H and O–H groups in total. The number of hydrogen-bond acceptors (Lipinski definition) is 4. The van der Waals surface area contributed by atoms with Crippen LogP contribution in [0.25, 0.3) is 0 Å². The van der Waals surface area contributed by atoms with Crippen molar-refractivity contribution < 1.29 is 17.5 Å². The molecular weight excluding hydrogens is 380 g/mol. The second-order valence-corrected chi connectivity index (χ2v) is 32.9. The van der Waals surface area contributed by atoms with Crippen molar-refractivity contribution in [3.05, 3.63) is 0 Å². The van der Waals surface area contributed by atoms with E-state index in [0.717, 1.165) is 24.6 Å². The molecule has 2 atom stereocenters. The van der Waals surface area contributed by atoms with Crippen molar-refractivity contribution in [2.45, 2.75) is 33.4 Å². The Labute approximate surface area is 150 Å². The number of phosphoric acid groups is 1. The molecule has 1 aliphatic rings. The van der Waals surface area contributed by atoms with E-state index in [1.807, 2.05) is 0 Å². The van der Waals surface area contributed by atoms with Crippen LogP contribution in [0.3, 0.4) is 0 Å². The van der Waals surface area contributed by atoms with Gasteiger partial charge in [-0.2, -0.15) is 0 Å². The van der Waals surface area contributed by atoms with E-state index in [9.17, 15) is 4.57 Å². The van der Waals surface area contributed by atoms with Gasteiger partial charge in [0.1, 0.15) is 0 Å². The summed E-state index contributed by atoms with van der Waals surface area (Å²) in [5.41, 5.74) is 0.376. The molecule has 2 unspecified atom stereocenters. The Hall–Kier alpha value is 1.40. The molecular formula is C16H42O4P4. The van der Waals surface area contributed by atoms with Gasteiger partial charge in [-0.1, -0.05) is 0 Å². The van der Waals surface area contributed by atoms with E-state index in [4.69, 9.17) is 12.9 Å². The fourth-order valence-electron chi connectivity index (χ4n) is 4.09. The molecule has 0 aliphatic carbocycles.